The molecule has 0 saturated carbocycles. The van der Waals surface area contributed by atoms with E-state index in [1.807, 2.05) is 55.5 Å². The van der Waals surface area contributed by atoms with Crippen molar-refractivity contribution in [1.82, 2.24) is 0 Å². The summed E-state index contributed by atoms with van der Waals surface area (Å²) in [5.74, 6) is 0.952. The largest absolute Gasteiger partial charge is 0.493 e. The zero-order valence-electron chi connectivity index (χ0n) is 12.7. The van der Waals surface area contributed by atoms with Crippen molar-refractivity contribution in [3.8, 4) is 5.75 Å². The van der Waals surface area contributed by atoms with E-state index in [-0.39, 0.29) is 5.91 Å². The minimum atomic E-state index is -0.00884. The fourth-order valence-electron chi connectivity index (χ4n) is 2.64. The molecule has 22 heavy (non-hydrogen) atoms. The molecule has 0 radical (unpaired) electrons. The van der Waals surface area contributed by atoms with E-state index in [4.69, 9.17) is 4.74 Å². The van der Waals surface area contributed by atoms with Crippen LogP contribution in [0.1, 0.15) is 18.1 Å². The van der Waals surface area contributed by atoms with Gasteiger partial charge in [-0.3, -0.25) is 4.79 Å². The Morgan fingerprint density at radius 3 is 2.82 bits per heavy atom. The molecule has 3 rings (SSSR count). The Bertz CT molecular complexity index is 692. The van der Waals surface area contributed by atoms with Crippen molar-refractivity contribution >= 4 is 17.7 Å². The molecule has 0 atom stereocenters. The van der Waals surface area contributed by atoms with Gasteiger partial charge in [-0.25, -0.2) is 0 Å². The third-order valence-electron chi connectivity index (χ3n) is 3.78. The fourth-order valence-corrected chi connectivity index (χ4v) is 2.64. The Balaban J connectivity index is 1.75. The summed E-state index contributed by atoms with van der Waals surface area (Å²) in [7, 11) is 0. The fraction of sp³-hybridized carbons (Fsp3) is 0.211. The molecule has 0 N–H and O–H groups in total. The van der Waals surface area contributed by atoms with Gasteiger partial charge in [0, 0.05) is 24.7 Å². The van der Waals surface area contributed by atoms with Crippen LogP contribution in [0.15, 0.2) is 54.6 Å². The number of fused-ring (bicyclic) bond motifs is 1. The van der Waals surface area contributed by atoms with Crippen LogP contribution in [0, 0.1) is 0 Å². The molecule has 1 heterocycles. The lowest BCUT2D eigenvalue weighted by Gasteiger charge is -2.19. The number of rotatable bonds is 4. The van der Waals surface area contributed by atoms with Gasteiger partial charge in [-0.2, -0.15) is 0 Å². The first-order chi connectivity index (χ1) is 10.8. The van der Waals surface area contributed by atoms with Crippen LogP contribution >= 0.6 is 0 Å². The molecule has 0 unspecified atom stereocenters. The van der Waals surface area contributed by atoms with Gasteiger partial charge in [0.05, 0.1) is 6.61 Å². The van der Waals surface area contributed by atoms with Gasteiger partial charge < -0.3 is 9.64 Å². The molecule has 0 saturated heterocycles. The number of para-hydroxylation sites is 1. The quantitative estimate of drug-likeness (QED) is 0.805. The molecular formula is C19H19NO2. The minimum Gasteiger partial charge on any atom is -0.493 e. The first-order valence-electron chi connectivity index (χ1n) is 7.58. The van der Waals surface area contributed by atoms with Crippen LogP contribution in [0.3, 0.4) is 0 Å². The summed E-state index contributed by atoms with van der Waals surface area (Å²) in [4.78, 5) is 14.2. The number of likely N-dealkylation sites (N-methyl/N-ethyl adjacent to an activating group) is 1. The first kappa shape index (κ1) is 14.4. The summed E-state index contributed by atoms with van der Waals surface area (Å²) in [6.07, 6.45) is 4.44. The number of amides is 1. The van der Waals surface area contributed by atoms with Crippen molar-refractivity contribution < 1.29 is 9.53 Å². The summed E-state index contributed by atoms with van der Waals surface area (Å²) in [6, 6.07) is 15.8. The Kier molecular flexibility index (Phi) is 4.24. The van der Waals surface area contributed by atoms with Crippen LogP contribution in [0.5, 0.6) is 5.75 Å². The summed E-state index contributed by atoms with van der Waals surface area (Å²) in [5.41, 5.74) is 3.16. The van der Waals surface area contributed by atoms with E-state index < -0.39 is 0 Å². The number of benzene rings is 2. The van der Waals surface area contributed by atoms with Gasteiger partial charge in [0.15, 0.2) is 0 Å². The molecule has 2 aromatic rings. The molecule has 2 aromatic carbocycles. The zero-order chi connectivity index (χ0) is 15.4. The molecule has 0 aliphatic carbocycles. The zero-order valence-corrected chi connectivity index (χ0v) is 12.7. The summed E-state index contributed by atoms with van der Waals surface area (Å²) >= 11 is 0. The van der Waals surface area contributed by atoms with Crippen LogP contribution in [0.25, 0.3) is 6.08 Å². The second kappa shape index (κ2) is 6.48. The van der Waals surface area contributed by atoms with E-state index in [1.165, 1.54) is 5.56 Å². The van der Waals surface area contributed by atoms with Gasteiger partial charge in [-0.15, -0.1) is 0 Å². The van der Waals surface area contributed by atoms with E-state index >= 15 is 0 Å². The Morgan fingerprint density at radius 2 is 2.05 bits per heavy atom. The number of anilines is 1. The predicted molar refractivity (Wildman–Crippen MR) is 89.1 cm³/mol. The second-order valence-corrected chi connectivity index (χ2v) is 5.22. The molecule has 3 nitrogen and oxygen atoms in total. The highest BCUT2D eigenvalue weighted by Gasteiger charge is 2.12. The van der Waals surface area contributed by atoms with E-state index in [0.29, 0.717) is 6.54 Å². The van der Waals surface area contributed by atoms with Crippen molar-refractivity contribution in [2.75, 3.05) is 18.1 Å². The number of ether oxygens (including phenoxy) is 1. The molecule has 112 valence electrons. The second-order valence-electron chi connectivity index (χ2n) is 5.22. The third-order valence-corrected chi connectivity index (χ3v) is 3.78. The van der Waals surface area contributed by atoms with Crippen molar-refractivity contribution in [3.63, 3.8) is 0 Å². The highest BCUT2D eigenvalue weighted by molar-refractivity contribution is 6.03. The number of carbonyl (C=O) groups is 1. The van der Waals surface area contributed by atoms with Gasteiger partial charge >= 0.3 is 0 Å². The maximum atomic E-state index is 12.4. The van der Waals surface area contributed by atoms with Gasteiger partial charge in [-0.1, -0.05) is 24.3 Å². The number of carbonyl (C=O) groups excluding carboxylic acids is 1. The molecule has 1 amide bonds. The average molecular weight is 293 g/mol. The molecule has 0 fully saturated rings. The molecular weight excluding hydrogens is 274 g/mol. The molecule has 0 bridgehead atoms. The predicted octanol–water partition coefficient (Wildman–Crippen LogP) is 3.69. The summed E-state index contributed by atoms with van der Waals surface area (Å²) < 4.78 is 5.49. The highest BCUT2D eigenvalue weighted by Crippen LogP contribution is 2.26. The minimum absolute atomic E-state index is 0.00884. The lowest BCUT2D eigenvalue weighted by atomic mass is 10.1. The molecule has 3 heteroatoms. The molecule has 0 aromatic heterocycles. The van der Waals surface area contributed by atoms with Crippen molar-refractivity contribution in [1.29, 1.82) is 0 Å². The van der Waals surface area contributed by atoms with Crippen LogP contribution in [-0.2, 0) is 11.2 Å². The smallest absolute Gasteiger partial charge is 0.250 e. The summed E-state index contributed by atoms with van der Waals surface area (Å²) in [5, 5.41) is 0. The topological polar surface area (TPSA) is 29.5 Å². The van der Waals surface area contributed by atoms with E-state index in [0.717, 1.165) is 30.0 Å². The van der Waals surface area contributed by atoms with Crippen molar-refractivity contribution in [2.45, 2.75) is 13.3 Å². The number of hydrogen-bond acceptors (Lipinski definition) is 2. The Morgan fingerprint density at radius 1 is 1.23 bits per heavy atom. The Hall–Kier alpha value is -2.55. The number of hydrogen-bond donors (Lipinski definition) is 0. The van der Waals surface area contributed by atoms with Crippen LogP contribution < -0.4 is 9.64 Å². The van der Waals surface area contributed by atoms with Gasteiger partial charge in [0.1, 0.15) is 5.75 Å². The molecule has 0 spiro atoms. The van der Waals surface area contributed by atoms with E-state index in [2.05, 4.69) is 6.07 Å². The van der Waals surface area contributed by atoms with E-state index in [1.54, 1.807) is 11.0 Å². The van der Waals surface area contributed by atoms with E-state index in [9.17, 15) is 4.79 Å². The van der Waals surface area contributed by atoms with Crippen molar-refractivity contribution in [3.05, 3.63) is 65.7 Å². The van der Waals surface area contributed by atoms with Gasteiger partial charge in [-0.05, 0) is 48.4 Å². The van der Waals surface area contributed by atoms with Crippen LogP contribution in [0.4, 0.5) is 5.69 Å². The normalized spacial score (nSPS) is 13.0. The lowest BCUT2D eigenvalue weighted by molar-refractivity contribution is -0.114. The lowest BCUT2D eigenvalue weighted by Crippen LogP contribution is -2.28. The Labute approximate surface area is 130 Å². The standard InChI is InChI=1S/C19H19NO2/c1-2-20(17-6-4-3-5-7-17)19(21)11-9-15-8-10-18-16(14-15)12-13-22-18/h3-11,14H,2,12-13H2,1H3/b11-9+. The van der Waals surface area contributed by atoms with Gasteiger partial charge in [0.25, 0.3) is 5.91 Å². The monoisotopic (exact) mass is 293 g/mol. The van der Waals surface area contributed by atoms with Gasteiger partial charge in [0.2, 0.25) is 0 Å². The summed E-state index contributed by atoms with van der Waals surface area (Å²) in [6.45, 7) is 3.37. The maximum absolute atomic E-state index is 12.4. The average Bonchev–Trinajstić information content (AvgIpc) is 3.02. The number of nitrogens with zero attached hydrogens (tertiary/aromatic N) is 1. The van der Waals surface area contributed by atoms with Crippen molar-refractivity contribution in [2.24, 2.45) is 0 Å². The molecule has 1 aliphatic heterocycles. The SMILES string of the molecule is CCN(C(=O)/C=C/c1ccc2c(c1)CCO2)c1ccccc1. The van der Waals surface area contributed by atoms with Crippen LogP contribution in [-0.4, -0.2) is 19.1 Å². The maximum Gasteiger partial charge on any atom is 0.250 e. The van der Waals surface area contributed by atoms with Crippen LogP contribution in [0.2, 0.25) is 0 Å². The third kappa shape index (κ3) is 3.03. The molecule has 1 aliphatic rings. The first-order valence-corrected chi connectivity index (χ1v) is 7.58. The highest BCUT2D eigenvalue weighted by atomic mass is 16.5.